The van der Waals surface area contributed by atoms with Crippen LogP contribution in [0.5, 0.6) is 5.75 Å². The first kappa shape index (κ1) is 19.3. The van der Waals surface area contributed by atoms with Crippen LogP contribution >= 0.6 is 11.8 Å². The fourth-order valence-corrected chi connectivity index (χ4v) is 4.14. The molecule has 4 rings (SSSR count). The lowest BCUT2D eigenvalue weighted by Crippen LogP contribution is -2.02. The van der Waals surface area contributed by atoms with Crippen molar-refractivity contribution in [3.05, 3.63) is 78.6 Å². The van der Waals surface area contributed by atoms with Crippen LogP contribution in [0.3, 0.4) is 0 Å². The van der Waals surface area contributed by atoms with E-state index in [-0.39, 0.29) is 0 Å². The Balaban J connectivity index is 1.51. The number of unbranched alkanes of at least 4 members (excludes halogenated alkanes) is 1. The van der Waals surface area contributed by atoms with E-state index in [1.807, 2.05) is 41.0 Å². The van der Waals surface area contributed by atoms with E-state index < -0.39 is 0 Å². The van der Waals surface area contributed by atoms with Crippen molar-refractivity contribution in [2.24, 2.45) is 0 Å². The molecule has 29 heavy (non-hydrogen) atoms. The zero-order valence-corrected chi connectivity index (χ0v) is 17.1. The van der Waals surface area contributed by atoms with Gasteiger partial charge in [-0.2, -0.15) is 0 Å². The Hall–Kier alpha value is -2.99. The lowest BCUT2D eigenvalue weighted by Gasteiger charge is -2.13. The third-order valence-electron chi connectivity index (χ3n) is 4.63. The van der Waals surface area contributed by atoms with Gasteiger partial charge in [0, 0.05) is 5.75 Å². The third-order valence-corrected chi connectivity index (χ3v) is 5.65. The molecule has 148 valence electrons. The van der Waals surface area contributed by atoms with E-state index in [0.29, 0.717) is 11.6 Å². The molecule has 0 radical (unpaired) electrons. The van der Waals surface area contributed by atoms with Crippen LogP contribution in [0.4, 0.5) is 0 Å². The smallest absolute Gasteiger partial charge is 0.205 e. The van der Waals surface area contributed by atoms with E-state index in [1.54, 1.807) is 25.1 Å². The molecule has 2 aromatic heterocycles. The average Bonchev–Trinajstić information content (AvgIpc) is 3.44. The largest absolute Gasteiger partial charge is 0.495 e. The normalized spacial score (nSPS) is 10.9. The number of ether oxygens (including phenoxy) is 1. The van der Waals surface area contributed by atoms with Crippen molar-refractivity contribution in [3.8, 4) is 23.0 Å². The Bertz CT molecular complexity index is 1030. The second-order valence-corrected chi connectivity index (χ2v) is 7.64. The molecule has 0 amide bonds. The van der Waals surface area contributed by atoms with Gasteiger partial charge in [0.2, 0.25) is 5.82 Å². The van der Waals surface area contributed by atoms with Crippen LogP contribution in [0.1, 0.15) is 18.4 Å². The lowest BCUT2D eigenvalue weighted by atomic mass is 10.1. The minimum absolute atomic E-state index is 0.672. The molecule has 0 aliphatic rings. The van der Waals surface area contributed by atoms with Gasteiger partial charge in [-0.3, -0.25) is 4.57 Å². The van der Waals surface area contributed by atoms with Crippen LogP contribution in [-0.4, -0.2) is 27.6 Å². The number of methoxy groups -OCH3 is 1. The van der Waals surface area contributed by atoms with Crippen molar-refractivity contribution in [3.63, 3.8) is 0 Å². The molecule has 0 N–H and O–H groups in total. The lowest BCUT2D eigenvalue weighted by molar-refractivity contribution is 0.412. The number of nitrogens with zero attached hydrogens (tertiary/aromatic N) is 3. The van der Waals surface area contributed by atoms with Crippen molar-refractivity contribution < 1.29 is 9.15 Å². The number of rotatable bonds is 9. The van der Waals surface area contributed by atoms with E-state index in [9.17, 15) is 0 Å². The Labute approximate surface area is 174 Å². The van der Waals surface area contributed by atoms with E-state index in [0.717, 1.165) is 41.6 Å². The van der Waals surface area contributed by atoms with Crippen LogP contribution in [-0.2, 0) is 6.42 Å². The molecule has 0 atom stereocenters. The quantitative estimate of drug-likeness (QED) is 0.266. The van der Waals surface area contributed by atoms with Crippen molar-refractivity contribution in [1.29, 1.82) is 0 Å². The number of thioether (sulfide) groups is 1. The van der Waals surface area contributed by atoms with Crippen molar-refractivity contribution in [1.82, 2.24) is 14.8 Å². The second-order valence-electron chi connectivity index (χ2n) is 6.58. The summed E-state index contributed by atoms with van der Waals surface area (Å²) in [5.41, 5.74) is 2.29. The van der Waals surface area contributed by atoms with E-state index in [4.69, 9.17) is 9.15 Å². The van der Waals surface area contributed by atoms with Crippen molar-refractivity contribution >= 4 is 11.8 Å². The minimum atomic E-state index is 0.672. The van der Waals surface area contributed by atoms with E-state index >= 15 is 0 Å². The number of aryl methyl sites for hydroxylation is 1. The monoisotopic (exact) mass is 405 g/mol. The first-order valence-electron chi connectivity index (χ1n) is 9.66. The summed E-state index contributed by atoms with van der Waals surface area (Å²) in [5, 5.41) is 9.67. The van der Waals surface area contributed by atoms with Gasteiger partial charge in [-0.05, 0) is 49.1 Å². The van der Waals surface area contributed by atoms with Crippen LogP contribution in [0, 0.1) is 0 Å². The maximum atomic E-state index is 5.59. The Morgan fingerprint density at radius 2 is 1.76 bits per heavy atom. The van der Waals surface area contributed by atoms with E-state index in [2.05, 4.69) is 40.5 Å². The third kappa shape index (κ3) is 4.54. The predicted octanol–water partition coefficient (Wildman–Crippen LogP) is 5.65. The fourth-order valence-electron chi connectivity index (χ4n) is 3.20. The molecule has 0 unspecified atom stereocenters. The summed E-state index contributed by atoms with van der Waals surface area (Å²) in [6.07, 6.45) is 4.99. The maximum Gasteiger partial charge on any atom is 0.205 e. The first-order valence-corrected chi connectivity index (χ1v) is 10.6. The molecule has 0 saturated carbocycles. The van der Waals surface area contributed by atoms with Crippen LogP contribution < -0.4 is 4.74 Å². The molecular weight excluding hydrogens is 382 g/mol. The fraction of sp³-hybridized carbons (Fsp3) is 0.217. The summed E-state index contributed by atoms with van der Waals surface area (Å²) in [5.74, 6) is 3.09. The summed E-state index contributed by atoms with van der Waals surface area (Å²) < 4.78 is 13.2. The summed E-state index contributed by atoms with van der Waals surface area (Å²) >= 11 is 1.71. The Morgan fingerprint density at radius 3 is 2.55 bits per heavy atom. The van der Waals surface area contributed by atoms with Gasteiger partial charge >= 0.3 is 0 Å². The molecule has 2 heterocycles. The van der Waals surface area contributed by atoms with Gasteiger partial charge in [0.05, 0.1) is 19.1 Å². The molecule has 0 saturated heterocycles. The molecule has 4 aromatic rings. The number of para-hydroxylation sites is 2. The van der Waals surface area contributed by atoms with Gasteiger partial charge < -0.3 is 9.15 Å². The molecule has 6 heteroatoms. The highest BCUT2D eigenvalue weighted by atomic mass is 32.2. The molecule has 0 aliphatic heterocycles. The predicted molar refractivity (Wildman–Crippen MR) is 116 cm³/mol. The Kier molecular flexibility index (Phi) is 6.32. The average molecular weight is 406 g/mol. The standard InChI is InChI=1S/C23H23N3O2S/c1-27-20-14-6-5-13-19(20)26-22(21-15-9-16-28-21)24-25-23(26)29-17-8-7-12-18-10-3-2-4-11-18/h2-6,9-11,13-16H,7-8,12,17H2,1H3. The first-order chi connectivity index (χ1) is 14.4. The van der Waals surface area contributed by atoms with E-state index in [1.165, 1.54) is 5.56 Å². The molecule has 0 bridgehead atoms. The number of hydrogen-bond donors (Lipinski definition) is 0. The van der Waals surface area contributed by atoms with Gasteiger partial charge in [0.15, 0.2) is 10.9 Å². The van der Waals surface area contributed by atoms with Crippen LogP contribution in [0.25, 0.3) is 17.3 Å². The molecular formula is C23H23N3O2S. The second kappa shape index (κ2) is 9.47. The van der Waals surface area contributed by atoms with Gasteiger partial charge in [0.1, 0.15) is 5.75 Å². The number of benzene rings is 2. The molecule has 0 fully saturated rings. The van der Waals surface area contributed by atoms with Crippen LogP contribution in [0.15, 0.2) is 82.6 Å². The number of aromatic nitrogens is 3. The summed E-state index contributed by atoms with van der Waals surface area (Å²) in [4.78, 5) is 0. The summed E-state index contributed by atoms with van der Waals surface area (Å²) in [6, 6.07) is 22.2. The highest BCUT2D eigenvalue weighted by Gasteiger charge is 2.20. The van der Waals surface area contributed by atoms with Crippen molar-refractivity contribution in [2.75, 3.05) is 12.9 Å². The molecule has 2 aromatic carbocycles. The van der Waals surface area contributed by atoms with Crippen LogP contribution in [0.2, 0.25) is 0 Å². The van der Waals surface area contributed by atoms with Gasteiger partial charge in [-0.1, -0.05) is 54.2 Å². The topological polar surface area (TPSA) is 53.1 Å². The van der Waals surface area contributed by atoms with Gasteiger partial charge in [-0.25, -0.2) is 0 Å². The molecule has 0 aliphatic carbocycles. The zero-order valence-electron chi connectivity index (χ0n) is 16.3. The number of furan rings is 1. The maximum absolute atomic E-state index is 5.59. The molecule has 5 nitrogen and oxygen atoms in total. The minimum Gasteiger partial charge on any atom is -0.495 e. The Morgan fingerprint density at radius 1 is 0.931 bits per heavy atom. The SMILES string of the molecule is COc1ccccc1-n1c(SCCCCc2ccccc2)nnc1-c1ccco1. The highest BCUT2D eigenvalue weighted by Crippen LogP contribution is 2.32. The highest BCUT2D eigenvalue weighted by molar-refractivity contribution is 7.99. The molecule has 0 spiro atoms. The number of hydrogen-bond acceptors (Lipinski definition) is 5. The van der Waals surface area contributed by atoms with Crippen molar-refractivity contribution in [2.45, 2.75) is 24.4 Å². The van der Waals surface area contributed by atoms with Gasteiger partial charge in [0.25, 0.3) is 0 Å². The summed E-state index contributed by atoms with van der Waals surface area (Å²) in [6.45, 7) is 0. The zero-order chi connectivity index (χ0) is 19.9. The summed E-state index contributed by atoms with van der Waals surface area (Å²) in [7, 11) is 1.67. The van der Waals surface area contributed by atoms with Gasteiger partial charge in [-0.15, -0.1) is 10.2 Å².